The predicted molar refractivity (Wildman–Crippen MR) is 141 cm³/mol. The molecule has 0 spiro atoms. The van der Waals surface area contributed by atoms with E-state index in [0.29, 0.717) is 62.2 Å². The van der Waals surface area contributed by atoms with Gasteiger partial charge in [-0.25, -0.2) is 0 Å². The zero-order valence-electron chi connectivity index (χ0n) is 19.6. The van der Waals surface area contributed by atoms with Gasteiger partial charge in [0.2, 0.25) is 11.7 Å². The summed E-state index contributed by atoms with van der Waals surface area (Å²) in [6.45, 7) is 4.64. The maximum Gasteiger partial charge on any atom is 0.223 e. The van der Waals surface area contributed by atoms with E-state index in [0.717, 1.165) is 5.69 Å². The number of anilines is 1. The van der Waals surface area contributed by atoms with Gasteiger partial charge in [-0.1, -0.05) is 24.3 Å². The number of amides is 1. The molecule has 2 aromatic carbocycles. The van der Waals surface area contributed by atoms with Crippen molar-refractivity contribution in [2.45, 2.75) is 32.9 Å². The van der Waals surface area contributed by atoms with E-state index in [2.05, 4.69) is 27.8 Å². The van der Waals surface area contributed by atoms with Gasteiger partial charge in [0, 0.05) is 50.4 Å². The Morgan fingerprint density at radius 1 is 1.03 bits per heavy atom. The molecule has 1 aliphatic rings. The first-order valence-corrected chi connectivity index (χ1v) is 10.8. The first kappa shape index (κ1) is 26.6. The van der Waals surface area contributed by atoms with Crippen molar-refractivity contribution < 1.29 is 19.0 Å². The van der Waals surface area contributed by atoms with Gasteiger partial charge in [-0.15, -0.1) is 24.0 Å². The molecule has 2 aromatic rings. The molecule has 2 N–H and O–H groups in total. The van der Waals surface area contributed by atoms with Crippen LogP contribution in [0.3, 0.4) is 0 Å². The Morgan fingerprint density at radius 3 is 2.15 bits per heavy atom. The fourth-order valence-corrected chi connectivity index (χ4v) is 3.69. The number of nitrogens with one attached hydrogen (secondary N) is 2. The Labute approximate surface area is 212 Å². The Morgan fingerprint density at radius 2 is 1.64 bits per heavy atom. The normalized spacial score (nSPS) is 12.5. The number of benzene rings is 2. The van der Waals surface area contributed by atoms with Gasteiger partial charge in [0.25, 0.3) is 0 Å². The van der Waals surface area contributed by atoms with Crippen LogP contribution in [0.4, 0.5) is 5.69 Å². The molecule has 0 bridgehead atoms. The van der Waals surface area contributed by atoms with Crippen LogP contribution >= 0.6 is 24.0 Å². The van der Waals surface area contributed by atoms with Crippen LogP contribution in [-0.2, 0) is 17.9 Å². The standard InChI is InChI=1S/C24H32N4O4.HI/c1-5-25-24(27-19-13-20(30-2)23(32-4)21(14-19)31-3)26-12-8-11-22(29)28-15-17-9-6-7-10-18(17)16-28;/h6-7,9-10,13-14H,5,8,11-12,15-16H2,1-4H3,(H2,25,26,27);1H. The Balaban J connectivity index is 0.00000385. The van der Waals surface area contributed by atoms with Crippen molar-refractivity contribution >= 4 is 41.5 Å². The van der Waals surface area contributed by atoms with Gasteiger partial charge in [-0.05, 0) is 24.5 Å². The second-order valence-corrected chi connectivity index (χ2v) is 7.42. The van der Waals surface area contributed by atoms with Crippen molar-refractivity contribution in [2.24, 2.45) is 4.99 Å². The second kappa shape index (κ2) is 13.1. The molecule has 0 radical (unpaired) electrons. The van der Waals surface area contributed by atoms with E-state index in [4.69, 9.17) is 14.2 Å². The van der Waals surface area contributed by atoms with Gasteiger partial charge < -0.3 is 29.7 Å². The minimum Gasteiger partial charge on any atom is -0.493 e. The van der Waals surface area contributed by atoms with Gasteiger partial charge in [0.05, 0.1) is 21.3 Å². The van der Waals surface area contributed by atoms with Crippen molar-refractivity contribution in [2.75, 3.05) is 39.7 Å². The topological polar surface area (TPSA) is 84.4 Å². The third-order valence-electron chi connectivity index (χ3n) is 5.28. The summed E-state index contributed by atoms with van der Waals surface area (Å²) in [5, 5.41) is 6.48. The van der Waals surface area contributed by atoms with Crippen molar-refractivity contribution in [3.05, 3.63) is 47.5 Å². The molecule has 0 saturated carbocycles. The monoisotopic (exact) mass is 568 g/mol. The zero-order valence-corrected chi connectivity index (χ0v) is 22.0. The maximum absolute atomic E-state index is 12.6. The number of carbonyl (C=O) groups excluding carboxylic acids is 1. The number of nitrogens with zero attached hydrogens (tertiary/aromatic N) is 2. The number of halogens is 1. The SMILES string of the molecule is CCNC(=NCCCC(=O)N1Cc2ccccc2C1)Nc1cc(OC)c(OC)c(OC)c1.I. The molecule has 180 valence electrons. The van der Waals surface area contributed by atoms with Gasteiger partial charge >= 0.3 is 0 Å². The number of hydrogen-bond acceptors (Lipinski definition) is 5. The van der Waals surface area contributed by atoms with Crippen LogP contribution in [0.2, 0.25) is 0 Å². The maximum atomic E-state index is 12.6. The summed E-state index contributed by atoms with van der Waals surface area (Å²) in [6.07, 6.45) is 1.15. The van der Waals surface area contributed by atoms with Crippen LogP contribution < -0.4 is 24.8 Å². The number of carbonyl (C=O) groups is 1. The Kier molecular flexibility index (Phi) is 10.6. The number of fused-ring (bicyclic) bond motifs is 1. The van der Waals surface area contributed by atoms with Crippen LogP contribution in [-0.4, -0.2) is 51.2 Å². The predicted octanol–water partition coefficient (Wildman–Crippen LogP) is 4.03. The fraction of sp³-hybridized carbons (Fsp3) is 0.417. The molecule has 1 amide bonds. The van der Waals surface area contributed by atoms with Crippen LogP contribution in [0.25, 0.3) is 0 Å². The summed E-state index contributed by atoms with van der Waals surface area (Å²) in [5.41, 5.74) is 3.23. The van der Waals surface area contributed by atoms with Crippen molar-refractivity contribution in [1.82, 2.24) is 10.2 Å². The second-order valence-electron chi connectivity index (χ2n) is 7.42. The van der Waals surface area contributed by atoms with E-state index in [1.54, 1.807) is 21.3 Å². The van der Waals surface area contributed by atoms with Crippen molar-refractivity contribution in [1.29, 1.82) is 0 Å². The molecule has 0 saturated heterocycles. The molecule has 8 nitrogen and oxygen atoms in total. The summed E-state index contributed by atoms with van der Waals surface area (Å²) in [6, 6.07) is 11.9. The fourth-order valence-electron chi connectivity index (χ4n) is 3.69. The number of ether oxygens (including phenoxy) is 3. The highest BCUT2D eigenvalue weighted by molar-refractivity contribution is 14.0. The van der Waals surface area contributed by atoms with Gasteiger partial charge in [-0.3, -0.25) is 9.79 Å². The molecular weight excluding hydrogens is 535 g/mol. The van der Waals surface area contributed by atoms with Crippen LogP contribution in [0.1, 0.15) is 30.9 Å². The van der Waals surface area contributed by atoms with E-state index >= 15 is 0 Å². The molecule has 0 unspecified atom stereocenters. The van der Waals surface area contributed by atoms with Crippen LogP contribution in [0.5, 0.6) is 17.2 Å². The highest BCUT2D eigenvalue weighted by Gasteiger charge is 2.22. The molecule has 9 heteroatoms. The minimum absolute atomic E-state index is 0. The highest BCUT2D eigenvalue weighted by atomic mass is 127. The minimum atomic E-state index is 0. The number of rotatable bonds is 9. The lowest BCUT2D eigenvalue weighted by Gasteiger charge is -2.17. The van der Waals surface area contributed by atoms with Gasteiger partial charge in [0.15, 0.2) is 17.5 Å². The average Bonchev–Trinajstić information content (AvgIpc) is 3.25. The lowest BCUT2D eigenvalue weighted by Crippen LogP contribution is -2.31. The smallest absolute Gasteiger partial charge is 0.223 e. The lowest BCUT2D eigenvalue weighted by molar-refractivity contribution is -0.131. The molecular formula is C24H33IN4O4. The zero-order chi connectivity index (χ0) is 22.9. The molecule has 1 heterocycles. The molecule has 3 rings (SSSR count). The molecule has 0 fully saturated rings. The van der Waals surface area contributed by atoms with Crippen LogP contribution in [0.15, 0.2) is 41.4 Å². The molecule has 0 aliphatic carbocycles. The molecule has 33 heavy (non-hydrogen) atoms. The van der Waals surface area contributed by atoms with Gasteiger partial charge in [-0.2, -0.15) is 0 Å². The Hall–Kier alpha value is -2.69. The van der Waals surface area contributed by atoms with Crippen LogP contribution in [0, 0.1) is 0 Å². The summed E-state index contributed by atoms with van der Waals surface area (Å²) < 4.78 is 16.2. The van der Waals surface area contributed by atoms with E-state index in [9.17, 15) is 4.79 Å². The first-order chi connectivity index (χ1) is 15.6. The van der Waals surface area contributed by atoms with E-state index in [1.807, 2.05) is 36.1 Å². The highest BCUT2D eigenvalue weighted by Crippen LogP contribution is 2.39. The first-order valence-electron chi connectivity index (χ1n) is 10.8. The summed E-state index contributed by atoms with van der Waals surface area (Å²) >= 11 is 0. The lowest BCUT2D eigenvalue weighted by atomic mass is 10.1. The van der Waals surface area contributed by atoms with E-state index in [-0.39, 0.29) is 29.9 Å². The average molecular weight is 568 g/mol. The van der Waals surface area contributed by atoms with Gasteiger partial charge in [0.1, 0.15) is 0 Å². The Bertz CT molecular complexity index is 917. The molecule has 0 atom stereocenters. The third-order valence-corrected chi connectivity index (χ3v) is 5.28. The van der Waals surface area contributed by atoms with Crippen molar-refractivity contribution in [3.63, 3.8) is 0 Å². The number of hydrogen-bond donors (Lipinski definition) is 2. The summed E-state index contributed by atoms with van der Waals surface area (Å²) in [4.78, 5) is 19.1. The van der Waals surface area contributed by atoms with E-state index in [1.165, 1.54) is 11.1 Å². The number of methoxy groups -OCH3 is 3. The molecule has 0 aromatic heterocycles. The quantitative estimate of drug-likeness (QED) is 0.206. The third kappa shape index (κ3) is 6.89. The number of aliphatic imine (C=N–C) groups is 1. The summed E-state index contributed by atoms with van der Waals surface area (Å²) in [7, 11) is 4.73. The number of guanidine groups is 1. The van der Waals surface area contributed by atoms with E-state index < -0.39 is 0 Å². The molecule has 1 aliphatic heterocycles. The summed E-state index contributed by atoms with van der Waals surface area (Å²) in [5.74, 6) is 2.44. The van der Waals surface area contributed by atoms with Crippen molar-refractivity contribution in [3.8, 4) is 17.2 Å². The largest absolute Gasteiger partial charge is 0.493 e.